The van der Waals surface area contributed by atoms with E-state index in [4.69, 9.17) is 18.9 Å². The summed E-state index contributed by atoms with van der Waals surface area (Å²) < 4.78 is 22.3. The monoisotopic (exact) mass is 456 g/mol. The molecule has 0 aromatic rings. The minimum atomic E-state index is -1.54. The SMILES string of the molecule is C=CC1(C(=O)OC(C)(C)CC/C=C/C(CO)(CO)C(=O)OC(C)(C)C)COC(C)(C)OC1. The van der Waals surface area contributed by atoms with E-state index >= 15 is 0 Å². The van der Waals surface area contributed by atoms with Crippen molar-refractivity contribution in [1.82, 2.24) is 0 Å². The van der Waals surface area contributed by atoms with Gasteiger partial charge in [0.2, 0.25) is 0 Å². The molecule has 0 unspecified atom stereocenters. The fraction of sp³-hybridized carbons (Fsp3) is 0.750. The maximum absolute atomic E-state index is 12.9. The molecule has 184 valence electrons. The molecule has 0 spiro atoms. The van der Waals surface area contributed by atoms with Crippen LogP contribution in [0, 0.1) is 10.8 Å². The van der Waals surface area contributed by atoms with Crippen LogP contribution in [-0.4, -0.2) is 65.6 Å². The van der Waals surface area contributed by atoms with Crippen molar-refractivity contribution < 1.29 is 38.7 Å². The highest BCUT2D eigenvalue weighted by atomic mass is 16.7. The Labute approximate surface area is 191 Å². The van der Waals surface area contributed by atoms with E-state index in [1.165, 1.54) is 12.2 Å². The molecule has 0 aliphatic carbocycles. The molecular formula is C24H40O8. The van der Waals surface area contributed by atoms with Crippen molar-refractivity contribution in [2.75, 3.05) is 26.4 Å². The molecule has 0 bridgehead atoms. The molecule has 0 aromatic carbocycles. The van der Waals surface area contributed by atoms with Gasteiger partial charge in [0.25, 0.3) is 0 Å². The summed E-state index contributed by atoms with van der Waals surface area (Å²) in [6, 6.07) is 0. The van der Waals surface area contributed by atoms with E-state index in [1.807, 2.05) is 0 Å². The van der Waals surface area contributed by atoms with Crippen LogP contribution in [0.3, 0.4) is 0 Å². The summed E-state index contributed by atoms with van der Waals surface area (Å²) in [6.45, 7) is 15.1. The zero-order valence-corrected chi connectivity index (χ0v) is 20.5. The third-order valence-electron chi connectivity index (χ3n) is 5.24. The fourth-order valence-corrected chi connectivity index (χ4v) is 2.88. The van der Waals surface area contributed by atoms with Gasteiger partial charge in [-0.2, -0.15) is 0 Å². The molecule has 1 heterocycles. The molecule has 0 amide bonds. The highest BCUT2D eigenvalue weighted by molar-refractivity contribution is 5.80. The molecule has 1 aliphatic rings. The van der Waals surface area contributed by atoms with Crippen molar-refractivity contribution in [3.05, 3.63) is 24.8 Å². The van der Waals surface area contributed by atoms with Crippen LogP contribution >= 0.6 is 0 Å². The van der Waals surface area contributed by atoms with Crippen molar-refractivity contribution in [2.45, 2.75) is 78.3 Å². The molecule has 0 atom stereocenters. The van der Waals surface area contributed by atoms with Gasteiger partial charge >= 0.3 is 11.9 Å². The minimum absolute atomic E-state index is 0.115. The van der Waals surface area contributed by atoms with Gasteiger partial charge in [-0.25, -0.2) is 0 Å². The number of hydrogen-bond acceptors (Lipinski definition) is 8. The Morgan fingerprint density at radius 2 is 1.56 bits per heavy atom. The maximum atomic E-state index is 12.9. The molecule has 32 heavy (non-hydrogen) atoms. The van der Waals surface area contributed by atoms with Crippen LogP contribution in [0.4, 0.5) is 0 Å². The number of aliphatic hydroxyl groups is 2. The number of carbonyl (C=O) groups is 2. The van der Waals surface area contributed by atoms with E-state index in [2.05, 4.69) is 6.58 Å². The lowest BCUT2D eigenvalue weighted by Gasteiger charge is -2.41. The van der Waals surface area contributed by atoms with Crippen molar-refractivity contribution in [2.24, 2.45) is 10.8 Å². The normalized spacial score (nSPS) is 18.9. The predicted octanol–water partition coefficient (Wildman–Crippen LogP) is 2.91. The van der Waals surface area contributed by atoms with Crippen LogP contribution in [0.2, 0.25) is 0 Å². The van der Waals surface area contributed by atoms with Gasteiger partial charge in [0.15, 0.2) is 5.79 Å². The van der Waals surface area contributed by atoms with Gasteiger partial charge in [-0.1, -0.05) is 18.2 Å². The van der Waals surface area contributed by atoms with E-state index in [9.17, 15) is 19.8 Å². The molecule has 0 saturated carbocycles. The van der Waals surface area contributed by atoms with Gasteiger partial charge in [0.1, 0.15) is 22.0 Å². The number of ether oxygens (including phenoxy) is 4. The average molecular weight is 457 g/mol. The molecule has 1 saturated heterocycles. The van der Waals surface area contributed by atoms with Gasteiger partial charge in [-0.15, -0.1) is 6.58 Å². The fourth-order valence-electron chi connectivity index (χ4n) is 2.88. The van der Waals surface area contributed by atoms with Crippen LogP contribution in [0.25, 0.3) is 0 Å². The molecular weight excluding hydrogens is 416 g/mol. The van der Waals surface area contributed by atoms with E-state index in [1.54, 1.807) is 54.5 Å². The Kier molecular flexibility index (Phi) is 9.25. The van der Waals surface area contributed by atoms with Crippen LogP contribution < -0.4 is 0 Å². The van der Waals surface area contributed by atoms with Gasteiger partial charge in [-0.05, 0) is 61.3 Å². The highest BCUT2D eigenvalue weighted by Gasteiger charge is 2.46. The second-order valence-corrected chi connectivity index (χ2v) is 10.4. The average Bonchev–Trinajstić information content (AvgIpc) is 2.67. The molecule has 8 nitrogen and oxygen atoms in total. The second kappa shape index (κ2) is 10.5. The van der Waals surface area contributed by atoms with E-state index in [0.29, 0.717) is 12.8 Å². The summed E-state index contributed by atoms with van der Waals surface area (Å²) in [7, 11) is 0. The summed E-state index contributed by atoms with van der Waals surface area (Å²) in [6.07, 6.45) is 5.50. The third kappa shape index (κ3) is 7.69. The lowest BCUT2D eigenvalue weighted by Crippen LogP contribution is -2.51. The zero-order chi connectivity index (χ0) is 24.8. The maximum Gasteiger partial charge on any atom is 0.321 e. The minimum Gasteiger partial charge on any atom is -0.459 e. The topological polar surface area (TPSA) is 112 Å². The number of allylic oxidation sites excluding steroid dienone is 1. The van der Waals surface area contributed by atoms with Gasteiger partial charge in [0, 0.05) is 0 Å². The Hall–Kier alpha value is -1.74. The lowest BCUT2D eigenvalue weighted by atomic mass is 9.88. The Morgan fingerprint density at radius 1 is 1.03 bits per heavy atom. The summed E-state index contributed by atoms with van der Waals surface area (Å²) in [5, 5.41) is 19.5. The molecule has 0 radical (unpaired) electrons. The quantitative estimate of drug-likeness (QED) is 0.381. The van der Waals surface area contributed by atoms with E-state index < -0.39 is 53.0 Å². The smallest absolute Gasteiger partial charge is 0.321 e. The van der Waals surface area contributed by atoms with Crippen molar-refractivity contribution in [3.8, 4) is 0 Å². The van der Waals surface area contributed by atoms with Gasteiger partial charge < -0.3 is 29.2 Å². The number of rotatable bonds is 10. The van der Waals surface area contributed by atoms with Crippen molar-refractivity contribution in [1.29, 1.82) is 0 Å². The predicted molar refractivity (Wildman–Crippen MR) is 120 cm³/mol. The first-order valence-electron chi connectivity index (χ1n) is 10.8. The molecule has 1 aliphatic heterocycles. The van der Waals surface area contributed by atoms with Gasteiger partial charge in [-0.3, -0.25) is 9.59 Å². The second-order valence-electron chi connectivity index (χ2n) is 10.4. The first kappa shape index (κ1) is 28.3. The van der Waals surface area contributed by atoms with Crippen molar-refractivity contribution in [3.63, 3.8) is 0 Å². The van der Waals surface area contributed by atoms with E-state index in [0.717, 1.165) is 0 Å². The first-order chi connectivity index (χ1) is 14.6. The largest absolute Gasteiger partial charge is 0.459 e. The molecule has 0 aromatic heterocycles. The highest BCUT2D eigenvalue weighted by Crippen LogP contribution is 2.34. The van der Waals surface area contributed by atoms with Crippen LogP contribution in [-0.2, 0) is 28.5 Å². The Bertz CT molecular complexity index is 685. The number of carbonyl (C=O) groups excluding carboxylic acids is 2. The van der Waals surface area contributed by atoms with Gasteiger partial charge in [0.05, 0.1) is 26.4 Å². The van der Waals surface area contributed by atoms with Crippen molar-refractivity contribution >= 4 is 11.9 Å². The molecule has 2 N–H and O–H groups in total. The number of aliphatic hydroxyl groups excluding tert-OH is 2. The summed E-state index contributed by atoms with van der Waals surface area (Å²) in [5.74, 6) is -1.96. The zero-order valence-electron chi connectivity index (χ0n) is 20.5. The molecule has 1 rings (SSSR count). The van der Waals surface area contributed by atoms with Crippen LogP contribution in [0.1, 0.15) is 61.3 Å². The first-order valence-corrected chi connectivity index (χ1v) is 10.8. The van der Waals surface area contributed by atoms with E-state index in [-0.39, 0.29) is 13.2 Å². The summed E-state index contributed by atoms with van der Waals surface area (Å²) >= 11 is 0. The standard InChI is InChI=1S/C24H40O8/c1-9-23(16-29-22(7,8)30-17-23)18(27)32-21(5,6)12-10-11-13-24(14-25,15-26)19(28)31-20(2,3)4/h9,11,13,25-26H,1,10,12,14-17H2,2-8H3/b13-11+. The Balaban J connectivity index is 2.77. The third-order valence-corrected chi connectivity index (χ3v) is 5.24. The number of hydrogen-bond donors (Lipinski definition) is 2. The van der Waals surface area contributed by atoms with Crippen LogP contribution in [0.15, 0.2) is 24.8 Å². The number of esters is 2. The lowest BCUT2D eigenvalue weighted by molar-refractivity contribution is -0.278. The molecule has 1 fully saturated rings. The Morgan fingerprint density at radius 3 is 2.00 bits per heavy atom. The molecule has 8 heteroatoms. The summed E-state index contributed by atoms with van der Waals surface area (Å²) in [4.78, 5) is 25.4. The summed E-state index contributed by atoms with van der Waals surface area (Å²) in [5.41, 5.74) is -4.19. The van der Waals surface area contributed by atoms with Crippen LogP contribution in [0.5, 0.6) is 0 Å².